The number of hydrogen-bond donors (Lipinski definition) is 0. The van der Waals surface area contributed by atoms with Crippen LogP contribution in [0.15, 0.2) is 54.6 Å². The zero-order valence-electron chi connectivity index (χ0n) is 19.1. The summed E-state index contributed by atoms with van der Waals surface area (Å²) in [4.78, 5) is 21.9. The van der Waals surface area contributed by atoms with Gasteiger partial charge in [0.15, 0.2) is 11.7 Å². The Hall–Kier alpha value is -2.96. The summed E-state index contributed by atoms with van der Waals surface area (Å²) in [5, 5.41) is 2.98. The van der Waals surface area contributed by atoms with Crippen molar-refractivity contribution in [1.29, 1.82) is 0 Å². The molecule has 4 rings (SSSR count). The number of aromatic nitrogens is 1. The number of nitrogens with zero attached hydrogens (tertiary/aromatic N) is 3. The molecule has 0 aliphatic heterocycles. The van der Waals surface area contributed by atoms with Gasteiger partial charge >= 0.3 is 0 Å². The first kappa shape index (κ1) is 22.2. The highest BCUT2D eigenvalue weighted by atomic mass is 32.1. The lowest BCUT2D eigenvalue weighted by atomic mass is 10.1. The number of aryl methyl sites for hydroxylation is 2. The molecule has 5 nitrogen and oxygen atoms in total. The summed E-state index contributed by atoms with van der Waals surface area (Å²) in [5.41, 5.74) is 3.32. The number of carbonyl (C=O) groups is 1. The van der Waals surface area contributed by atoms with E-state index in [0.29, 0.717) is 12.3 Å². The molecule has 0 aliphatic carbocycles. The van der Waals surface area contributed by atoms with Gasteiger partial charge in [-0.25, -0.2) is 4.98 Å². The SMILES string of the molecule is Cc1cc(C)c2sc(N(CCCN(C)C)C(=O)COc3ccc4ccccc4c3)nc2c1. The molecule has 3 aromatic carbocycles. The number of anilines is 1. The van der Waals surface area contributed by atoms with Crippen LogP contribution >= 0.6 is 11.3 Å². The van der Waals surface area contributed by atoms with E-state index in [9.17, 15) is 4.79 Å². The molecular weight excluding hydrogens is 418 g/mol. The van der Waals surface area contributed by atoms with Crippen LogP contribution < -0.4 is 9.64 Å². The van der Waals surface area contributed by atoms with Gasteiger partial charge in [-0.15, -0.1) is 0 Å². The van der Waals surface area contributed by atoms with Crippen LogP contribution in [-0.4, -0.2) is 49.6 Å². The molecule has 0 saturated heterocycles. The van der Waals surface area contributed by atoms with Crippen LogP contribution in [0.4, 0.5) is 5.13 Å². The quantitative estimate of drug-likeness (QED) is 0.361. The molecule has 1 heterocycles. The van der Waals surface area contributed by atoms with Gasteiger partial charge in [0, 0.05) is 6.54 Å². The lowest BCUT2D eigenvalue weighted by molar-refractivity contribution is -0.120. The molecule has 0 unspecified atom stereocenters. The van der Waals surface area contributed by atoms with Gasteiger partial charge < -0.3 is 9.64 Å². The second-order valence-corrected chi connectivity index (χ2v) is 9.40. The zero-order chi connectivity index (χ0) is 22.7. The lowest BCUT2D eigenvalue weighted by Gasteiger charge is -2.21. The second kappa shape index (κ2) is 9.67. The van der Waals surface area contributed by atoms with E-state index >= 15 is 0 Å². The molecule has 0 bridgehead atoms. The third kappa shape index (κ3) is 5.09. The van der Waals surface area contributed by atoms with Crippen LogP contribution in [-0.2, 0) is 4.79 Å². The number of carbonyl (C=O) groups excluding carboxylic acids is 1. The van der Waals surface area contributed by atoms with E-state index in [2.05, 4.69) is 36.9 Å². The highest BCUT2D eigenvalue weighted by molar-refractivity contribution is 7.22. The Kier molecular flexibility index (Phi) is 6.72. The Morgan fingerprint density at radius 1 is 1.00 bits per heavy atom. The van der Waals surface area contributed by atoms with E-state index in [0.717, 1.165) is 39.1 Å². The monoisotopic (exact) mass is 447 g/mol. The van der Waals surface area contributed by atoms with Gasteiger partial charge in [0.05, 0.1) is 10.2 Å². The fourth-order valence-electron chi connectivity index (χ4n) is 3.83. The Morgan fingerprint density at radius 3 is 2.56 bits per heavy atom. The summed E-state index contributed by atoms with van der Waals surface area (Å²) in [6.45, 7) is 5.66. The van der Waals surface area contributed by atoms with Gasteiger partial charge in [-0.3, -0.25) is 9.69 Å². The normalized spacial score (nSPS) is 11.4. The number of amides is 1. The topological polar surface area (TPSA) is 45.7 Å². The average Bonchev–Trinajstić information content (AvgIpc) is 3.18. The predicted octanol–water partition coefficient (Wildman–Crippen LogP) is 5.43. The number of rotatable bonds is 8. The summed E-state index contributed by atoms with van der Waals surface area (Å²) < 4.78 is 7.03. The summed E-state index contributed by atoms with van der Waals surface area (Å²) in [7, 11) is 4.08. The molecule has 166 valence electrons. The largest absolute Gasteiger partial charge is 0.484 e. The molecule has 0 fully saturated rings. The Labute approximate surface area is 193 Å². The summed E-state index contributed by atoms with van der Waals surface area (Å²) in [6, 6.07) is 18.3. The molecule has 32 heavy (non-hydrogen) atoms. The van der Waals surface area contributed by atoms with E-state index in [1.807, 2.05) is 50.5 Å². The minimum Gasteiger partial charge on any atom is -0.484 e. The summed E-state index contributed by atoms with van der Waals surface area (Å²) >= 11 is 1.58. The number of hydrogen-bond acceptors (Lipinski definition) is 5. The maximum Gasteiger partial charge on any atom is 0.266 e. The van der Waals surface area contributed by atoms with Crippen LogP contribution in [0, 0.1) is 13.8 Å². The fourth-order valence-corrected chi connectivity index (χ4v) is 4.89. The van der Waals surface area contributed by atoms with Crippen molar-refractivity contribution in [3.63, 3.8) is 0 Å². The number of thiazole rings is 1. The van der Waals surface area contributed by atoms with Crippen molar-refractivity contribution in [3.05, 3.63) is 65.7 Å². The van der Waals surface area contributed by atoms with E-state index < -0.39 is 0 Å². The van der Waals surface area contributed by atoms with Crippen LogP contribution in [0.2, 0.25) is 0 Å². The van der Waals surface area contributed by atoms with Crippen LogP contribution in [0.3, 0.4) is 0 Å². The van der Waals surface area contributed by atoms with E-state index in [1.54, 1.807) is 16.2 Å². The van der Waals surface area contributed by atoms with Crippen molar-refractivity contribution >= 4 is 43.4 Å². The smallest absolute Gasteiger partial charge is 0.266 e. The van der Waals surface area contributed by atoms with Crippen molar-refractivity contribution < 1.29 is 9.53 Å². The van der Waals surface area contributed by atoms with Crippen LogP contribution in [0.1, 0.15) is 17.5 Å². The lowest BCUT2D eigenvalue weighted by Crippen LogP contribution is -2.36. The Morgan fingerprint density at radius 2 is 1.78 bits per heavy atom. The standard InChI is InChI=1S/C26H29N3O2S/c1-18-14-19(2)25-23(15-18)27-26(32-25)29(13-7-12-28(3)4)24(30)17-31-22-11-10-20-8-5-6-9-21(20)16-22/h5-6,8-11,14-16H,7,12-13,17H2,1-4H3. The van der Waals surface area contributed by atoms with Gasteiger partial charge in [-0.2, -0.15) is 0 Å². The Balaban J connectivity index is 1.54. The molecule has 0 saturated carbocycles. The second-order valence-electron chi connectivity index (χ2n) is 8.43. The fraction of sp³-hybridized carbons (Fsp3) is 0.308. The van der Waals surface area contributed by atoms with Gasteiger partial charge in [0.1, 0.15) is 5.75 Å². The van der Waals surface area contributed by atoms with Crippen molar-refractivity contribution in [2.24, 2.45) is 0 Å². The molecule has 4 aromatic rings. The first-order valence-electron chi connectivity index (χ1n) is 10.9. The number of benzene rings is 3. The van der Waals surface area contributed by atoms with E-state index in [1.165, 1.54) is 11.1 Å². The molecule has 1 amide bonds. The van der Waals surface area contributed by atoms with E-state index in [4.69, 9.17) is 9.72 Å². The predicted molar refractivity (Wildman–Crippen MR) is 134 cm³/mol. The molecule has 1 aromatic heterocycles. The molecule has 0 spiro atoms. The van der Waals surface area contributed by atoms with Gasteiger partial charge in [-0.05, 0) is 81.0 Å². The first-order valence-corrected chi connectivity index (χ1v) is 11.7. The molecular formula is C26H29N3O2S. The van der Waals surface area contributed by atoms with Crippen molar-refractivity contribution in [1.82, 2.24) is 9.88 Å². The number of fused-ring (bicyclic) bond motifs is 2. The average molecular weight is 448 g/mol. The van der Waals surface area contributed by atoms with Crippen molar-refractivity contribution in [2.75, 3.05) is 38.7 Å². The zero-order valence-corrected chi connectivity index (χ0v) is 19.9. The van der Waals surface area contributed by atoms with Crippen molar-refractivity contribution in [3.8, 4) is 5.75 Å². The maximum atomic E-state index is 13.2. The van der Waals surface area contributed by atoms with Crippen LogP contribution in [0.5, 0.6) is 5.75 Å². The minimum absolute atomic E-state index is 0.0196. The molecule has 0 aliphatic rings. The third-order valence-corrected chi connectivity index (χ3v) is 6.64. The Bertz CT molecular complexity index is 1250. The summed E-state index contributed by atoms with van der Waals surface area (Å²) in [5.74, 6) is 0.617. The van der Waals surface area contributed by atoms with Crippen molar-refractivity contribution in [2.45, 2.75) is 20.3 Å². The highest BCUT2D eigenvalue weighted by Gasteiger charge is 2.21. The van der Waals surface area contributed by atoms with Crippen LogP contribution in [0.25, 0.3) is 21.0 Å². The summed E-state index contributed by atoms with van der Waals surface area (Å²) in [6.07, 6.45) is 0.864. The van der Waals surface area contributed by atoms with Gasteiger partial charge in [-0.1, -0.05) is 47.7 Å². The molecule has 6 heteroatoms. The number of ether oxygens (including phenoxy) is 1. The highest BCUT2D eigenvalue weighted by Crippen LogP contribution is 2.32. The van der Waals surface area contributed by atoms with E-state index in [-0.39, 0.29) is 12.5 Å². The molecule has 0 N–H and O–H groups in total. The molecule has 0 atom stereocenters. The molecule has 0 radical (unpaired) electrons. The third-order valence-electron chi connectivity index (χ3n) is 5.41. The first-order chi connectivity index (χ1) is 15.4. The maximum absolute atomic E-state index is 13.2. The van der Waals surface area contributed by atoms with Gasteiger partial charge in [0.2, 0.25) is 0 Å². The minimum atomic E-state index is -0.0784. The van der Waals surface area contributed by atoms with Gasteiger partial charge in [0.25, 0.3) is 5.91 Å².